The average molecular weight is 245 g/mol. The Morgan fingerprint density at radius 1 is 1.39 bits per heavy atom. The predicted molar refractivity (Wildman–Crippen MR) is 68.5 cm³/mol. The van der Waals surface area contributed by atoms with Crippen LogP contribution < -0.4 is 5.32 Å². The maximum absolute atomic E-state index is 11.5. The number of hydrogen-bond donors (Lipinski definition) is 2. The van der Waals surface area contributed by atoms with Gasteiger partial charge in [-0.15, -0.1) is 0 Å². The molecular formula is C13H15N3O2. The molecule has 1 amide bonds. The summed E-state index contributed by atoms with van der Waals surface area (Å²) in [4.78, 5) is 11.5. The summed E-state index contributed by atoms with van der Waals surface area (Å²) in [5.41, 5.74) is 1.62. The first-order valence-corrected chi connectivity index (χ1v) is 5.80. The minimum absolute atomic E-state index is 0.0285. The van der Waals surface area contributed by atoms with Gasteiger partial charge in [-0.25, -0.2) is 4.68 Å². The predicted octanol–water partition coefficient (Wildman–Crippen LogP) is 1.58. The van der Waals surface area contributed by atoms with Crippen molar-refractivity contribution < 1.29 is 9.90 Å². The number of anilines is 1. The second-order valence-corrected chi connectivity index (χ2v) is 3.88. The van der Waals surface area contributed by atoms with Gasteiger partial charge < -0.3 is 10.4 Å². The van der Waals surface area contributed by atoms with Crippen LogP contribution >= 0.6 is 0 Å². The van der Waals surface area contributed by atoms with E-state index in [1.54, 1.807) is 10.9 Å². The normalized spacial score (nSPS) is 10.3. The highest BCUT2D eigenvalue weighted by Crippen LogP contribution is 2.14. The van der Waals surface area contributed by atoms with Gasteiger partial charge >= 0.3 is 0 Å². The lowest BCUT2D eigenvalue weighted by atomic mass is 10.2. The van der Waals surface area contributed by atoms with Crippen molar-refractivity contribution in [3.05, 3.63) is 42.7 Å². The smallest absolute Gasteiger partial charge is 0.224 e. The summed E-state index contributed by atoms with van der Waals surface area (Å²) in [7, 11) is 0. The Labute approximate surface area is 105 Å². The summed E-state index contributed by atoms with van der Waals surface area (Å²) in [6.07, 6.45) is 4.34. The summed E-state index contributed by atoms with van der Waals surface area (Å²) >= 11 is 0. The highest BCUT2D eigenvalue weighted by Gasteiger charge is 2.03. The molecular weight excluding hydrogens is 230 g/mol. The molecule has 18 heavy (non-hydrogen) atoms. The minimum Gasteiger partial charge on any atom is -0.396 e. The molecule has 0 aliphatic rings. The molecule has 0 saturated carbocycles. The van der Waals surface area contributed by atoms with E-state index in [0.29, 0.717) is 12.8 Å². The fraction of sp³-hybridized carbons (Fsp3) is 0.231. The van der Waals surface area contributed by atoms with E-state index < -0.39 is 0 Å². The van der Waals surface area contributed by atoms with E-state index in [2.05, 4.69) is 10.4 Å². The molecule has 0 unspecified atom stereocenters. The highest BCUT2D eigenvalue weighted by molar-refractivity contribution is 5.90. The van der Waals surface area contributed by atoms with Crippen LogP contribution in [0, 0.1) is 0 Å². The number of amides is 1. The Morgan fingerprint density at radius 3 is 3.00 bits per heavy atom. The van der Waals surface area contributed by atoms with Crippen molar-refractivity contribution in [3.8, 4) is 5.69 Å². The van der Waals surface area contributed by atoms with Crippen LogP contribution in [0.1, 0.15) is 12.8 Å². The molecule has 5 heteroatoms. The monoisotopic (exact) mass is 245 g/mol. The van der Waals surface area contributed by atoms with Gasteiger partial charge in [0.2, 0.25) is 5.91 Å². The van der Waals surface area contributed by atoms with Crippen LogP contribution in [-0.2, 0) is 4.79 Å². The van der Waals surface area contributed by atoms with Crippen LogP contribution in [0.25, 0.3) is 5.69 Å². The van der Waals surface area contributed by atoms with Gasteiger partial charge in [-0.2, -0.15) is 5.10 Å². The quantitative estimate of drug-likeness (QED) is 0.840. The molecule has 0 radical (unpaired) electrons. The number of aliphatic hydroxyl groups excluding tert-OH is 1. The second-order valence-electron chi connectivity index (χ2n) is 3.88. The van der Waals surface area contributed by atoms with Crippen molar-refractivity contribution >= 4 is 11.6 Å². The Hall–Kier alpha value is -2.14. The van der Waals surface area contributed by atoms with E-state index in [9.17, 15) is 4.79 Å². The molecule has 0 fully saturated rings. The first-order valence-electron chi connectivity index (χ1n) is 5.80. The van der Waals surface area contributed by atoms with Crippen LogP contribution in [0.5, 0.6) is 0 Å². The third-order valence-corrected chi connectivity index (χ3v) is 2.46. The molecule has 0 aliphatic carbocycles. The van der Waals surface area contributed by atoms with Crippen molar-refractivity contribution in [2.24, 2.45) is 0 Å². The zero-order chi connectivity index (χ0) is 12.8. The molecule has 1 aromatic heterocycles. The largest absolute Gasteiger partial charge is 0.396 e. The molecule has 0 spiro atoms. The first-order chi connectivity index (χ1) is 8.79. The van der Waals surface area contributed by atoms with Crippen LogP contribution in [0.3, 0.4) is 0 Å². The fourth-order valence-corrected chi connectivity index (χ4v) is 1.61. The average Bonchev–Trinajstić information content (AvgIpc) is 2.90. The van der Waals surface area contributed by atoms with Gasteiger partial charge in [0, 0.05) is 31.1 Å². The first kappa shape index (κ1) is 12.3. The van der Waals surface area contributed by atoms with Crippen LogP contribution in [0.15, 0.2) is 42.7 Å². The van der Waals surface area contributed by atoms with Crippen molar-refractivity contribution in [2.75, 3.05) is 11.9 Å². The topological polar surface area (TPSA) is 67.2 Å². The van der Waals surface area contributed by atoms with Crippen LogP contribution in [-0.4, -0.2) is 27.4 Å². The van der Waals surface area contributed by atoms with Gasteiger partial charge in [0.05, 0.1) is 5.69 Å². The molecule has 1 aromatic carbocycles. The van der Waals surface area contributed by atoms with E-state index in [0.717, 1.165) is 11.4 Å². The van der Waals surface area contributed by atoms with Gasteiger partial charge in [0.15, 0.2) is 0 Å². The number of aliphatic hydroxyl groups is 1. The number of hydrogen-bond acceptors (Lipinski definition) is 3. The Bertz CT molecular complexity index is 509. The SMILES string of the molecule is O=C(CCCO)Nc1cccc(-n2cccn2)c1. The van der Waals surface area contributed by atoms with Crippen molar-refractivity contribution in [3.63, 3.8) is 0 Å². The number of nitrogens with one attached hydrogen (secondary N) is 1. The molecule has 0 atom stereocenters. The summed E-state index contributed by atoms with van der Waals surface area (Å²) < 4.78 is 1.73. The van der Waals surface area contributed by atoms with Gasteiger partial charge in [-0.05, 0) is 30.7 Å². The van der Waals surface area contributed by atoms with Crippen LogP contribution in [0.4, 0.5) is 5.69 Å². The number of carbonyl (C=O) groups is 1. The molecule has 2 rings (SSSR count). The molecule has 0 saturated heterocycles. The van der Waals surface area contributed by atoms with Crippen LogP contribution in [0.2, 0.25) is 0 Å². The third-order valence-electron chi connectivity index (χ3n) is 2.46. The Balaban J connectivity index is 2.06. The van der Waals surface area contributed by atoms with Gasteiger partial charge in [0.1, 0.15) is 0 Å². The summed E-state index contributed by atoms with van der Waals surface area (Å²) in [5.74, 6) is -0.0957. The minimum atomic E-state index is -0.0957. The van der Waals surface area contributed by atoms with Gasteiger partial charge in [-0.1, -0.05) is 6.07 Å². The maximum Gasteiger partial charge on any atom is 0.224 e. The number of aromatic nitrogens is 2. The lowest BCUT2D eigenvalue weighted by molar-refractivity contribution is -0.116. The van der Waals surface area contributed by atoms with E-state index in [1.807, 2.05) is 36.5 Å². The third kappa shape index (κ3) is 3.18. The lowest BCUT2D eigenvalue weighted by Crippen LogP contribution is -2.12. The Kier molecular flexibility index (Phi) is 4.09. The number of carbonyl (C=O) groups excluding carboxylic acids is 1. The zero-order valence-electron chi connectivity index (χ0n) is 9.91. The van der Waals surface area contributed by atoms with E-state index in [4.69, 9.17) is 5.11 Å². The summed E-state index contributed by atoms with van der Waals surface area (Å²) in [6, 6.07) is 9.29. The number of benzene rings is 1. The van der Waals surface area contributed by atoms with E-state index in [1.165, 1.54) is 0 Å². The molecule has 0 bridgehead atoms. The molecule has 2 N–H and O–H groups in total. The standard InChI is InChI=1S/C13H15N3O2/c17-9-2-6-13(18)15-11-4-1-5-12(10-11)16-8-3-7-14-16/h1,3-5,7-8,10,17H,2,6,9H2,(H,15,18). The molecule has 0 aliphatic heterocycles. The highest BCUT2D eigenvalue weighted by atomic mass is 16.3. The summed E-state index contributed by atoms with van der Waals surface area (Å²) in [5, 5.41) is 15.6. The van der Waals surface area contributed by atoms with Gasteiger partial charge in [0.25, 0.3) is 0 Å². The van der Waals surface area contributed by atoms with Crippen molar-refractivity contribution in [1.29, 1.82) is 0 Å². The second kappa shape index (κ2) is 5.97. The number of rotatable bonds is 5. The van der Waals surface area contributed by atoms with Gasteiger partial charge in [-0.3, -0.25) is 4.79 Å². The molecule has 2 aromatic rings. The Morgan fingerprint density at radius 2 is 2.28 bits per heavy atom. The zero-order valence-corrected chi connectivity index (χ0v) is 9.91. The molecule has 94 valence electrons. The number of nitrogens with zero attached hydrogens (tertiary/aromatic N) is 2. The lowest BCUT2D eigenvalue weighted by Gasteiger charge is -2.07. The summed E-state index contributed by atoms with van der Waals surface area (Å²) in [6.45, 7) is 0.0285. The molecule has 5 nitrogen and oxygen atoms in total. The van der Waals surface area contributed by atoms with Crippen molar-refractivity contribution in [2.45, 2.75) is 12.8 Å². The fourth-order valence-electron chi connectivity index (χ4n) is 1.61. The van der Waals surface area contributed by atoms with Crippen molar-refractivity contribution in [1.82, 2.24) is 9.78 Å². The van der Waals surface area contributed by atoms with E-state index >= 15 is 0 Å². The molecule has 1 heterocycles. The van der Waals surface area contributed by atoms with E-state index in [-0.39, 0.29) is 12.5 Å². The maximum atomic E-state index is 11.5.